The van der Waals surface area contributed by atoms with Crippen LogP contribution in [0, 0.1) is 0 Å². The summed E-state index contributed by atoms with van der Waals surface area (Å²) in [6.45, 7) is 4.59. The topological polar surface area (TPSA) is 67.9 Å². The van der Waals surface area contributed by atoms with Crippen LogP contribution in [0.25, 0.3) is 0 Å². The highest BCUT2D eigenvalue weighted by atomic mass is 16.5. The molecule has 1 atom stereocenters. The third-order valence-corrected chi connectivity index (χ3v) is 6.06. The van der Waals surface area contributed by atoms with Gasteiger partial charge in [-0.25, -0.2) is 0 Å². The smallest absolute Gasteiger partial charge is 0.251 e. The number of piperidine rings is 1. The van der Waals surface area contributed by atoms with Crippen LogP contribution in [0.4, 0.5) is 0 Å². The van der Waals surface area contributed by atoms with E-state index in [4.69, 9.17) is 9.47 Å². The van der Waals surface area contributed by atoms with Crippen LogP contribution >= 0.6 is 0 Å². The fourth-order valence-electron chi connectivity index (χ4n) is 4.28. The van der Waals surface area contributed by atoms with Gasteiger partial charge in [0.25, 0.3) is 5.91 Å². The molecule has 2 heterocycles. The molecule has 1 unspecified atom stereocenters. The van der Waals surface area contributed by atoms with Gasteiger partial charge >= 0.3 is 0 Å². The number of nitrogens with zero attached hydrogens (tertiary/aromatic N) is 1. The number of likely N-dealkylation sites (tertiary alicyclic amines) is 1. The Morgan fingerprint density at radius 2 is 1.74 bits per heavy atom. The molecule has 2 aromatic rings. The van der Waals surface area contributed by atoms with Gasteiger partial charge < -0.3 is 19.7 Å². The van der Waals surface area contributed by atoms with Crippen LogP contribution in [0.3, 0.4) is 0 Å². The van der Waals surface area contributed by atoms with E-state index < -0.39 is 0 Å². The van der Waals surface area contributed by atoms with Gasteiger partial charge in [0.2, 0.25) is 5.91 Å². The molecule has 1 fully saturated rings. The van der Waals surface area contributed by atoms with Gasteiger partial charge in [-0.05, 0) is 43.0 Å². The van der Waals surface area contributed by atoms with Crippen molar-refractivity contribution < 1.29 is 19.1 Å². The molecule has 0 saturated carbocycles. The van der Waals surface area contributed by atoms with Crippen molar-refractivity contribution in [1.29, 1.82) is 0 Å². The average molecular weight is 423 g/mol. The molecule has 0 radical (unpaired) electrons. The lowest BCUT2D eigenvalue weighted by molar-refractivity contribution is -0.134. The number of hydrogen-bond acceptors (Lipinski definition) is 4. The summed E-state index contributed by atoms with van der Waals surface area (Å²) in [4.78, 5) is 27.8. The molecule has 0 aliphatic carbocycles. The van der Waals surface area contributed by atoms with Crippen molar-refractivity contribution in [3.8, 4) is 11.5 Å². The summed E-state index contributed by atoms with van der Waals surface area (Å²) in [5.74, 6) is 1.27. The normalized spacial score (nSPS) is 17.5. The maximum absolute atomic E-state index is 13.1. The molecule has 1 saturated heterocycles. The number of amides is 2. The van der Waals surface area contributed by atoms with E-state index in [1.54, 1.807) is 18.2 Å². The molecule has 31 heavy (non-hydrogen) atoms. The monoisotopic (exact) mass is 422 g/mol. The van der Waals surface area contributed by atoms with Gasteiger partial charge in [0.05, 0.1) is 19.1 Å². The predicted molar refractivity (Wildman–Crippen MR) is 119 cm³/mol. The second kappa shape index (κ2) is 9.86. The fraction of sp³-hybridized carbons (Fsp3) is 0.440. The summed E-state index contributed by atoms with van der Waals surface area (Å²) in [5.41, 5.74) is 1.64. The third-order valence-electron chi connectivity index (χ3n) is 6.06. The van der Waals surface area contributed by atoms with E-state index in [9.17, 15) is 9.59 Å². The quantitative estimate of drug-likeness (QED) is 0.797. The molecule has 0 bridgehead atoms. The largest absolute Gasteiger partial charge is 0.490 e. The number of hydrogen-bond donors (Lipinski definition) is 1. The first kappa shape index (κ1) is 21.2. The molecule has 0 spiro atoms. The number of benzene rings is 2. The summed E-state index contributed by atoms with van der Waals surface area (Å²) in [6, 6.07) is 15.4. The average Bonchev–Trinajstić information content (AvgIpc) is 3.05. The Morgan fingerprint density at radius 1 is 1.03 bits per heavy atom. The van der Waals surface area contributed by atoms with Crippen LogP contribution in [-0.4, -0.2) is 49.1 Å². The van der Waals surface area contributed by atoms with E-state index in [1.165, 1.54) is 0 Å². The first-order valence-corrected chi connectivity index (χ1v) is 11.2. The first-order valence-electron chi connectivity index (χ1n) is 11.2. The zero-order valence-corrected chi connectivity index (χ0v) is 18.0. The van der Waals surface area contributed by atoms with Crippen molar-refractivity contribution in [2.75, 3.05) is 26.3 Å². The summed E-state index contributed by atoms with van der Waals surface area (Å²) in [6.07, 6.45) is 3.13. The minimum atomic E-state index is -0.115. The second-order valence-corrected chi connectivity index (χ2v) is 8.16. The van der Waals surface area contributed by atoms with Crippen molar-refractivity contribution in [3.63, 3.8) is 0 Å². The van der Waals surface area contributed by atoms with Gasteiger partial charge in [0, 0.05) is 31.1 Å². The molecule has 164 valence electrons. The first-order chi connectivity index (χ1) is 15.2. The summed E-state index contributed by atoms with van der Waals surface area (Å²) in [7, 11) is 0. The lowest BCUT2D eigenvalue weighted by Crippen LogP contribution is -2.47. The Bertz CT molecular complexity index is 907. The van der Waals surface area contributed by atoms with E-state index in [-0.39, 0.29) is 23.8 Å². The fourth-order valence-corrected chi connectivity index (χ4v) is 4.28. The molecule has 6 nitrogen and oxygen atoms in total. The Hall–Kier alpha value is -3.02. The molecule has 4 rings (SSSR count). The van der Waals surface area contributed by atoms with Gasteiger partial charge in [0.15, 0.2) is 11.5 Å². The van der Waals surface area contributed by atoms with Crippen LogP contribution in [0.1, 0.15) is 54.4 Å². The van der Waals surface area contributed by atoms with Crippen LogP contribution in [-0.2, 0) is 4.79 Å². The number of nitrogens with one attached hydrogen (secondary N) is 1. The van der Waals surface area contributed by atoms with Crippen LogP contribution < -0.4 is 14.8 Å². The molecular formula is C25H30N2O4. The summed E-state index contributed by atoms with van der Waals surface area (Å²) in [5, 5.41) is 3.12. The van der Waals surface area contributed by atoms with Crippen molar-refractivity contribution in [3.05, 3.63) is 59.7 Å². The second-order valence-electron chi connectivity index (χ2n) is 8.16. The molecule has 2 aliphatic heterocycles. The van der Waals surface area contributed by atoms with Crippen molar-refractivity contribution in [1.82, 2.24) is 10.2 Å². The van der Waals surface area contributed by atoms with Crippen LogP contribution in [0.2, 0.25) is 0 Å². The van der Waals surface area contributed by atoms with Crippen molar-refractivity contribution in [2.24, 2.45) is 0 Å². The molecule has 1 N–H and O–H groups in total. The maximum atomic E-state index is 13.1. The minimum Gasteiger partial charge on any atom is -0.490 e. The zero-order valence-electron chi connectivity index (χ0n) is 18.0. The maximum Gasteiger partial charge on any atom is 0.251 e. The Kier molecular flexibility index (Phi) is 6.75. The summed E-state index contributed by atoms with van der Waals surface area (Å²) < 4.78 is 11.3. The number of rotatable bonds is 5. The van der Waals surface area contributed by atoms with Gasteiger partial charge in [0.1, 0.15) is 0 Å². The lowest BCUT2D eigenvalue weighted by Gasteiger charge is -2.34. The molecule has 2 aliphatic rings. The van der Waals surface area contributed by atoms with E-state index >= 15 is 0 Å². The van der Waals surface area contributed by atoms with E-state index in [0.717, 1.165) is 31.2 Å². The third kappa shape index (κ3) is 5.01. The van der Waals surface area contributed by atoms with E-state index in [0.29, 0.717) is 43.4 Å². The molecular weight excluding hydrogens is 392 g/mol. The van der Waals surface area contributed by atoms with Gasteiger partial charge in [-0.2, -0.15) is 0 Å². The zero-order chi connectivity index (χ0) is 21.6. The van der Waals surface area contributed by atoms with Crippen molar-refractivity contribution >= 4 is 11.8 Å². The van der Waals surface area contributed by atoms with E-state index in [2.05, 4.69) is 12.2 Å². The SMILES string of the molecule is CCC(C(=O)N1CCC(NC(=O)c2ccc3c(c2)OCCCO3)CC1)c1ccccc1. The van der Waals surface area contributed by atoms with Crippen molar-refractivity contribution in [2.45, 2.75) is 44.6 Å². The predicted octanol–water partition coefficient (Wildman–Crippen LogP) is 3.76. The molecule has 2 aromatic carbocycles. The Morgan fingerprint density at radius 3 is 2.45 bits per heavy atom. The van der Waals surface area contributed by atoms with E-state index in [1.807, 2.05) is 35.2 Å². The highest BCUT2D eigenvalue weighted by Gasteiger charge is 2.29. The number of ether oxygens (including phenoxy) is 2. The number of carbonyl (C=O) groups excluding carboxylic acids is 2. The Balaban J connectivity index is 1.32. The van der Waals surface area contributed by atoms with Gasteiger partial charge in [-0.3, -0.25) is 9.59 Å². The number of fused-ring (bicyclic) bond motifs is 1. The highest BCUT2D eigenvalue weighted by Crippen LogP contribution is 2.30. The molecule has 2 amide bonds. The minimum absolute atomic E-state index is 0.0596. The Labute approximate surface area is 183 Å². The van der Waals surface area contributed by atoms with Gasteiger partial charge in [-0.15, -0.1) is 0 Å². The highest BCUT2D eigenvalue weighted by molar-refractivity contribution is 5.95. The van der Waals surface area contributed by atoms with Crippen LogP contribution in [0.15, 0.2) is 48.5 Å². The lowest BCUT2D eigenvalue weighted by atomic mass is 9.93. The molecule has 6 heteroatoms. The summed E-state index contributed by atoms with van der Waals surface area (Å²) >= 11 is 0. The molecule has 0 aromatic heterocycles. The number of carbonyl (C=O) groups is 2. The standard InChI is InChI=1S/C25H30N2O4/c1-2-21(18-7-4-3-5-8-18)25(29)27-13-11-20(12-14-27)26-24(28)19-9-10-22-23(17-19)31-16-6-15-30-22/h3-5,7-10,17,20-21H,2,6,11-16H2,1H3,(H,26,28). The van der Waals surface area contributed by atoms with Gasteiger partial charge in [-0.1, -0.05) is 37.3 Å². The van der Waals surface area contributed by atoms with Crippen LogP contribution in [0.5, 0.6) is 11.5 Å².